The van der Waals surface area contributed by atoms with Crippen LogP contribution in [0.1, 0.15) is 51.9 Å². The maximum absolute atomic E-state index is 6.57. The van der Waals surface area contributed by atoms with Crippen LogP contribution in [0.2, 0.25) is 32.7 Å². The molecule has 0 spiro atoms. The predicted octanol–water partition coefficient (Wildman–Crippen LogP) is 5.59. The van der Waals surface area contributed by atoms with Crippen LogP contribution in [0.4, 0.5) is 0 Å². The Balaban J connectivity index is 4.53. The largest absolute Gasteiger partial charge is 0.416 e. The van der Waals surface area contributed by atoms with E-state index in [0.29, 0.717) is 0 Å². The van der Waals surface area contributed by atoms with Gasteiger partial charge in [-0.1, -0.05) is 58.5 Å². The third-order valence-electron chi connectivity index (χ3n) is 3.76. The van der Waals surface area contributed by atoms with Gasteiger partial charge in [-0.15, -0.1) is 22.2 Å². The topological polar surface area (TPSA) is 9.23 Å². The first kappa shape index (κ1) is 21.2. The Hall–Kier alpha value is 1.19. The lowest BCUT2D eigenvalue weighted by atomic mass is 10.1. The normalized spacial score (nSPS) is 15.9. The SMILES string of the molecule is CCCCCCCCC(O[Si](C)(C)C)([SiH](C)C)[SiH](Cl)Cl. The molecule has 0 radical (unpaired) electrons. The van der Waals surface area contributed by atoms with Gasteiger partial charge in [-0.05, 0) is 26.1 Å². The van der Waals surface area contributed by atoms with Crippen LogP contribution in [0, 0.1) is 0 Å². The van der Waals surface area contributed by atoms with Crippen LogP contribution in [0.15, 0.2) is 0 Å². The summed E-state index contributed by atoms with van der Waals surface area (Å²) in [6.07, 6.45) is 8.98. The number of hydrogen-bond acceptors (Lipinski definition) is 1. The molecule has 0 fully saturated rings. The molecule has 0 aromatic rings. The van der Waals surface area contributed by atoms with E-state index < -0.39 is 24.5 Å². The van der Waals surface area contributed by atoms with Crippen LogP contribution in [0.25, 0.3) is 0 Å². The summed E-state index contributed by atoms with van der Waals surface area (Å²) in [5.41, 5.74) is 0. The maximum atomic E-state index is 6.57. The van der Waals surface area contributed by atoms with E-state index in [9.17, 15) is 0 Å². The summed E-state index contributed by atoms with van der Waals surface area (Å²) in [7, 11) is -4.46. The quantitative estimate of drug-likeness (QED) is 0.261. The molecule has 0 aliphatic rings. The van der Waals surface area contributed by atoms with E-state index in [0.717, 1.165) is 6.42 Å². The van der Waals surface area contributed by atoms with Crippen molar-refractivity contribution in [3.8, 4) is 0 Å². The minimum Gasteiger partial charge on any atom is -0.416 e. The molecular weight excluding hydrogens is 339 g/mol. The van der Waals surface area contributed by atoms with Gasteiger partial charge in [0.25, 0.3) is 7.42 Å². The number of unbranched alkanes of at least 4 members (excludes halogenated alkanes) is 5. The summed E-state index contributed by atoms with van der Waals surface area (Å²) in [6, 6.07) is 0. The van der Waals surface area contributed by atoms with Gasteiger partial charge in [0.05, 0.1) is 13.6 Å². The first-order chi connectivity index (χ1) is 9.15. The van der Waals surface area contributed by atoms with E-state index in [4.69, 9.17) is 26.6 Å². The minimum atomic E-state index is -1.83. The van der Waals surface area contributed by atoms with Crippen molar-refractivity contribution in [2.24, 2.45) is 0 Å². The fourth-order valence-corrected chi connectivity index (χ4v) is 16.5. The van der Waals surface area contributed by atoms with Crippen molar-refractivity contribution in [3.63, 3.8) is 0 Å². The molecule has 6 heteroatoms. The molecule has 1 unspecified atom stereocenters. The van der Waals surface area contributed by atoms with Gasteiger partial charge >= 0.3 is 0 Å². The molecule has 20 heavy (non-hydrogen) atoms. The first-order valence-electron chi connectivity index (χ1n) is 8.14. The number of rotatable bonds is 11. The lowest BCUT2D eigenvalue weighted by Gasteiger charge is -2.42. The molecule has 0 amide bonds. The monoisotopic (exact) mass is 372 g/mol. The van der Waals surface area contributed by atoms with Crippen LogP contribution in [-0.2, 0) is 4.43 Å². The van der Waals surface area contributed by atoms with Crippen LogP contribution in [0.3, 0.4) is 0 Å². The van der Waals surface area contributed by atoms with Gasteiger partial charge in [0, 0.05) is 0 Å². The summed E-state index contributed by atoms with van der Waals surface area (Å²) in [4.78, 5) is -0.0989. The van der Waals surface area contributed by atoms with Gasteiger partial charge in [-0.2, -0.15) is 0 Å². The van der Waals surface area contributed by atoms with E-state index >= 15 is 0 Å². The molecule has 0 aliphatic heterocycles. The van der Waals surface area contributed by atoms with Crippen LogP contribution >= 0.6 is 22.2 Å². The van der Waals surface area contributed by atoms with Crippen molar-refractivity contribution in [2.75, 3.05) is 0 Å². The zero-order chi connectivity index (χ0) is 15.8. The Morgan fingerprint density at radius 2 is 1.45 bits per heavy atom. The van der Waals surface area contributed by atoms with E-state index in [2.05, 4.69) is 39.7 Å². The summed E-state index contributed by atoms with van der Waals surface area (Å²) in [5, 5.41) is 0. The number of halogens is 2. The third-order valence-corrected chi connectivity index (χ3v) is 15.2. The Labute approximate surface area is 140 Å². The van der Waals surface area contributed by atoms with Crippen molar-refractivity contribution >= 4 is 46.7 Å². The first-order valence-corrected chi connectivity index (χ1v) is 18.5. The summed E-state index contributed by atoms with van der Waals surface area (Å²) < 4.78 is 6.57. The van der Waals surface area contributed by atoms with E-state index in [-0.39, 0.29) is 4.85 Å². The van der Waals surface area contributed by atoms with E-state index in [1.807, 2.05) is 0 Å². The van der Waals surface area contributed by atoms with Gasteiger partial charge in [-0.3, -0.25) is 0 Å². The zero-order valence-corrected chi connectivity index (χ0v) is 19.1. The fraction of sp³-hybridized carbons (Fsp3) is 1.00. The third kappa shape index (κ3) is 7.99. The Bertz CT molecular complexity index is 247. The average molecular weight is 374 g/mol. The van der Waals surface area contributed by atoms with Crippen molar-refractivity contribution in [2.45, 2.75) is 89.5 Å². The second-order valence-electron chi connectivity index (χ2n) is 7.14. The van der Waals surface area contributed by atoms with Crippen LogP contribution < -0.4 is 0 Å². The molecule has 0 aromatic heterocycles. The van der Waals surface area contributed by atoms with Crippen LogP contribution in [0.5, 0.6) is 0 Å². The highest BCUT2D eigenvalue weighted by molar-refractivity contribution is 7.37. The fourth-order valence-electron chi connectivity index (χ4n) is 2.61. The van der Waals surface area contributed by atoms with Gasteiger partial charge in [-0.25, -0.2) is 0 Å². The Morgan fingerprint density at radius 3 is 1.85 bits per heavy atom. The summed E-state index contributed by atoms with van der Waals surface area (Å²) in [5.74, 6) is 0. The summed E-state index contributed by atoms with van der Waals surface area (Å²) >= 11 is 13.0. The van der Waals surface area contributed by atoms with Gasteiger partial charge in [0.2, 0.25) is 0 Å². The molecule has 1 atom stereocenters. The molecule has 122 valence electrons. The smallest absolute Gasteiger partial charge is 0.262 e. The van der Waals surface area contributed by atoms with Gasteiger partial charge in [0.1, 0.15) is 0 Å². The minimum absolute atomic E-state index is 0.0989. The molecule has 0 bridgehead atoms. The lowest BCUT2D eigenvalue weighted by molar-refractivity contribution is 0.206. The van der Waals surface area contributed by atoms with Crippen molar-refractivity contribution < 1.29 is 4.43 Å². The Kier molecular flexibility index (Phi) is 10.7. The van der Waals surface area contributed by atoms with Gasteiger partial charge < -0.3 is 4.43 Å². The second kappa shape index (κ2) is 10.1. The van der Waals surface area contributed by atoms with E-state index in [1.165, 1.54) is 38.5 Å². The maximum Gasteiger partial charge on any atom is 0.262 e. The molecule has 0 rings (SSSR count). The van der Waals surface area contributed by atoms with Crippen molar-refractivity contribution in [3.05, 3.63) is 0 Å². The molecule has 0 aliphatic carbocycles. The number of hydrogen-bond donors (Lipinski definition) is 0. The zero-order valence-electron chi connectivity index (χ0n) is 14.3. The molecular formula is C14H34Cl2OSi3. The highest BCUT2D eigenvalue weighted by Gasteiger charge is 2.45. The highest BCUT2D eigenvalue weighted by Crippen LogP contribution is 2.33. The standard InChI is InChI=1S/C14H34Cl2OSi3/c1-7-8-9-10-11-12-13-14(18(2)3,19(15)16)17-20(4,5)6/h18-19H,7-13H2,1-6H3. The highest BCUT2D eigenvalue weighted by atomic mass is 35.7. The predicted molar refractivity (Wildman–Crippen MR) is 103 cm³/mol. The molecule has 0 N–H and O–H groups in total. The van der Waals surface area contributed by atoms with Crippen molar-refractivity contribution in [1.29, 1.82) is 0 Å². The van der Waals surface area contributed by atoms with Crippen LogP contribution in [-0.4, -0.2) is 29.4 Å². The lowest BCUT2D eigenvalue weighted by Crippen LogP contribution is -2.57. The average Bonchev–Trinajstić information content (AvgIpc) is 2.29. The second-order valence-corrected chi connectivity index (χ2v) is 20.4. The molecule has 0 heterocycles. The van der Waals surface area contributed by atoms with Crippen molar-refractivity contribution in [1.82, 2.24) is 0 Å². The van der Waals surface area contributed by atoms with Gasteiger partial charge in [0.15, 0.2) is 8.32 Å². The molecule has 0 saturated carbocycles. The molecule has 0 aromatic carbocycles. The summed E-state index contributed by atoms with van der Waals surface area (Å²) in [6.45, 7) is 13.7. The van der Waals surface area contributed by atoms with E-state index in [1.54, 1.807) is 0 Å². The molecule has 1 nitrogen and oxygen atoms in total. The molecule has 0 saturated heterocycles. The Morgan fingerprint density at radius 1 is 0.950 bits per heavy atom.